The fourth-order valence-electron chi connectivity index (χ4n) is 9.46. The third-order valence-electron chi connectivity index (χ3n) is 11.4. The van der Waals surface area contributed by atoms with Gasteiger partial charge in [-0.25, -0.2) is 0 Å². The Balaban J connectivity index is 1.25. The van der Waals surface area contributed by atoms with Gasteiger partial charge in [0.2, 0.25) is 0 Å². The van der Waals surface area contributed by atoms with E-state index in [2.05, 4.69) is 13.0 Å². The summed E-state index contributed by atoms with van der Waals surface area (Å²) >= 11 is 0. The van der Waals surface area contributed by atoms with Crippen molar-refractivity contribution in [2.24, 2.45) is 28.6 Å². The van der Waals surface area contributed by atoms with E-state index in [1.165, 1.54) is 6.42 Å². The van der Waals surface area contributed by atoms with E-state index in [-0.39, 0.29) is 23.0 Å². The third-order valence-corrected chi connectivity index (χ3v) is 11.4. The maximum Gasteiger partial charge on any atom is 0.161 e. The van der Waals surface area contributed by atoms with Gasteiger partial charge in [0.15, 0.2) is 6.29 Å². The van der Waals surface area contributed by atoms with Crippen LogP contribution >= 0.6 is 0 Å². The Morgan fingerprint density at radius 3 is 2.74 bits per heavy atom. The molecule has 5 fully saturated rings. The highest BCUT2D eigenvalue weighted by atomic mass is 16.7. The maximum atomic E-state index is 12.9. The number of aliphatic hydroxyl groups excluding tert-OH is 2. The highest BCUT2D eigenvalue weighted by Crippen LogP contribution is 2.70. The zero-order chi connectivity index (χ0) is 24.6. The molecule has 196 valence electrons. The fourth-order valence-corrected chi connectivity index (χ4v) is 9.46. The Kier molecular flexibility index (Phi) is 6.02. The summed E-state index contributed by atoms with van der Waals surface area (Å²) in [5, 5.41) is 21.6. The van der Waals surface area contributed by atoms with E-state index in [4.69, 9.17) is 18.9 Å². The van der Waals surface area contributed by atoms with Gasteiger partial charge in [0, 0.05) is 20.1 Å². The number of ether oxygens (including phenoxy) is 4. The Bertz CT molecular complexity index is 871. The first kappa shape index (κ1) is 24.5. The first-order valence-corrected chi connectivity index (χ1v) is 13.8. The van der Waals surface area contributed by atoms with Crippen molar-refractivity contribution in [3.8, 4) is 0 Å². The second kappa shape index (κ2) is 8.60. The Hall–Kier alpha value is -0.830. The molecule has 6 aliphatic rings. The second-order valence-electron chi connectivity index (χ2n) is 12.5. The minimum atomic E-state index is -0.753. The molecule has 0 aromatic rings. The van der Waals surface area contributed by atoms with E-state index >= 15 is 0 Å². The molecule has 2 bridgehead atoms. The number of rotatable bonds is 4. The molecule has 0 spiro atoms. The van der Waals surface area contributed by atoms with Gasteiger partial charge in [0.25, 0.3) is 0 Å². The summed E-state index contributed by atoms with van der Waals surface area (Å²) in [6.45, 7) is 5.09. The molecule has 35 heavy (non-hydrogen) atoms. The molecular weight excluding hydrogens is 448 g/mol. The number of aldehydes is 1. The number of hydrogen-bond acceptors (Lipinski definition) is 7. The van der Waals surface area contributed by atoms with Gasteiger partial charge < -0.3 is 34.0 Å². The predicted octanol–water partition coefficient (Wildman–Crippen LogP) is 3.15. The van der Waals surface area contributed by atoms with E-state index in [1.54, 1.807) is 7.11 Å². The van der Waals surface area contributed by atoms with Crippen LogP contribution in [-0.4, -0.2) is 72.6 Å². The molecule has 2 heterocycles. The van der Waals surface area contributed by atoms with Crippen molar-refractivity contribution in [3.05, 3.63) is 11.6 Å². The van der Waals surface area contributed by atoms with E-state index in [1.807, 2.05) is 6.92 Å². The number of carbonyl (C=O) groups excluding carboxylic acids is 1. The zero-order valence-electron chi connectivity index (χ0n) is 21.4. The van der Waals surface area contributed by atoms with Crippen molar-refractivity contribution in [1.29, 1.82) is 0 Å². The number of aliphatic hydroxyl groups is 2. The van der Waals surface area contributed by atoms with Crippen LogP contribution in [0.2, 0.25) is 0 Å². The molecule has 6 rings (SSSR count). The summed E-state index contributed by atoms with van der Waals surface area (Å²) in [5.74, 6) is 1.27. The SMILES string of the molecule is CO[C@@H]1CC(O[C@@H]2CC3=CC[C@@H]4[C@H](CC[C@]5(C)[C@H]6CCO[C@@]45CC6)[C@@]3(C=O)C[C@@H]2O)O[C@H](C)[C@H]1O. The van der Waals surface area contributed by atoms with Gasteiger partial charge in [-0.15, -0.1) is 0 Å². The van der Waals surface area contributed by atoms with Gasteiger partial charge in [0.1, 0.15) is 12.4 Å². The topological polar surface area (TPSA) is 94.5 Å². The molecule has 2 saturated heterocycles. The first-order chi connectivity index (χ1) is 16.8. The highest BCUT2D eigenvalue weighted by Gasteiger charge is 2.69. The molecule has 12 atom stereocenters. The van der Waals surface area contributed by atoms with Crippen molar-refractivity contribution in [2.75, 3.05) is 13.7 Å². The normalized spacial score (nSPS) is 55.3. The standard InChI is InChI=1S/C28H42O7/c1-16-25(31)23(32-3)13-24(34-16)35-22-12-18-4-5-20-19(27(18,15-29)14-21(22)30)7-9-26(2)17-6-10-28(20,26)33-11-8-17/h4,15-17,19-25,30-31H,5-14H2,1-3H3/t16-,17-,19+,20-,21+,22-,23-,24?,25-,26-,27-,28+/m1/s1. The lowest BCUT2D eigenvalue weighted by molar-refractivity contribution is -0.276. The van der Waals surface area contributed by atoms with Gasteiger partial charge in [0.05, 0.1) is 35.4 Å². The predicted molar refractivity (Wildman–Crippen MR) is 127 cm³/mol. The Labute approximate surface area is 208 Å². The minimum absolute atomic E-state index is 0.128. The van der Waals surface area contributed by atoms with Crippen molar-refractivity contribution >= 4 is 6.29 Å². The Morgan fingerprint density at radius 1 is 1.14 bits per heavy atom. The average molecular weight is 491 g/mol. The van der Waals surface area contributed by atoms with Crippen molar-refractivity contribution < 1.29 is 34.0 Å². The first-order valence-electron chi connectivity index (χ1n) is 13.8. The molecule has 0 amide bonds. The number of allylic oxidation sites excluding steroid dienone is 1. The number of hydrogen-bond donors (Lipinski definition) is 2. The van der Waals surface area contributed by atoms with E-state index in [0.717, 1.165) is 56.5 Å². The third kappa shape index (κ3) is 3.34. The molecule has 0 aromatic carbocycles. The lowest BCUT2D eigenvalue weighted by Gasteiger charge is -2.63. The van der Waals surface area contributed by atoms with E-state index in [9.17, 15) is 15.0 Å². The van der Waals surface area contributed by atoms with Crippen LogP contribution in [-0.2, 0) is 23.7 Å². The van der Waals surface area contributed by atoms with E-state index < -0.39 is 36.1 Å². The molecule has 0 aromatic heterocycles. The van der Waals surface area contributed by atoms with Crippen LogP contribution in [0.25, 0.3) is 0 Å². The van der Waals surface area contributed by atoms with Gasteiger partial charge >= 0.3 is 0 Å². The minimum Gasteiger partial charge on any atom is -0.390 e. The summed E-state index contributed by atoms with van der Waals surface area (Å²) < 4.78 is 24.3. The zero-order valence-corrected chi connectivity index (χ0v) is 21.4. The van der Waals surface area contributed by atoms with Crippen LogP contribution in [0.15, 0.2) is 11.6 Å². The molecule has 1 unspecified atom stereocenters. The van der Waals surface area contributed by atoms with Crippen LogP contribution in [0.4, 0.5) is 0 Å². The van der Waals surface area contributed by atoms with Gasteiger partial charge in [-0.1, -0.05) is 18.6 Å². The summed E-state index contributed by atoms with van der Waals surface area (Å²) in [6, 6.07) is 0. The molecular formula is C28H42O7. The Morgan fingerprint density at radius 2 is 1.97 bits per heavy atom. The highest BCUT2D eigenvalue weighted by molar-refractivity contribution is 5.68. The molecule has 3 saturated carbocycles. The number of fused-ring (bicyclic) bond motifs is 3. The summed E-state index contributed by atoms with van der Waals surface area (Å²) in [7, 11) is 1.58. The molecule has 0 radical (unpaired) electrons. The monoisotopic (exact) mass is 490 g/mol. The molecule has 4 aliphatic carbocycles. The van der Waals surface area contributed by atoms with Crippen LogP contribution in [0.3, 0.4) is 0 Å². The largest absolute Gasteiger partial charge is 0.390 e. The van der Waals surface area contributed by atoms with Crippen LogP contribution in [0.1, 0.15) is 71.6 Å². The van der Waals surface area contributed by atoms with Gasteiger partial charge in [-0.05, 0) is 81.5 Å². The summed E-state index contributed by atoms with van der Waals surface area (Å²) in [6.07, 6.45) is 8.11. The van der Waals surface area contributed by atoms with Crippen molar-refractivity contribution in [1.82, 2.24) is 0 Å². The van der Waals surface area contributed by atoms with Crippen molar-refractivity contribution in [3.63, 3.8) is 0 Å². The molecule has 7 heteroatoms. The average Bonchev–Trinajstić information content (AvgIpc) is 2.98. The van der Waals surface area contributed by atoms with Gasteiger partial charge in [-0.3, -0.25) is 0 Å². The number of carbonyl (C=O) groups is 1. The number of methoxy groups -OCH3 is 1. The lowest BCUT2D eigenvalue weighted by atomic mass is 9.45. The van der Waals surface area contributed by atoms with Crippen LogP contribution in [0, 0.1) is 28.6 Å². The quantitative estimate of drug-likeness (QED) is 0.462. The second-order valence-corrected chi connectivity index (χ2v) is 12.5. The van der Waals surface area contributed by atoms with Crippen LogP contribution in [0.5, 0.6) is 0 Å². The molecule has 7 nitrogen and oxygen atoms in total. The maximum absolute atomic E-state index is 12.9. The molecule has 2 N–H and O–H groups in total. The fraction of sp³-hybridized carbons (Fsp3) is 0.893. The molecule has 2 aliphatic heterocycles. The smallest absolute Gasteiger partial charge is 0.161 e. The van der Waals surface area contributed by atoms with E-state index in [0.29, 0.717) is 25.2 Å². The van der Waals surface area contributed by atoms with Gasteiger partial charge in [-0.2, -0.15) is 0 Å². The summed E-state index contributed by atoms with van der Waals surface area (Å²) in [4.78, 5) is 12.9. The summed E-state index contributed by atoms with van der Waals surface area (Å²) in [5.41, 5.74) is 0.570. The van der Waals surface area contributed by atoms with Crippen molar-refractivity contribution in [2.45, 2.75) is 114 Å². The lowest BCUT2D eigenvalue weighted by Crippen LogP contribution is -2.64. The van der Waals surface area contributed by atoms with Crippen LogP contribution < -0.4 is 0 Å².